The third-order valence-corrected chi connectivity index (χ3v) is 6.83. The molecule has 5 nitrogen and oxygen atoms in total. The van der Waals surface area contributed by atoms with Crippen LogP contribution >= 0.6 is 0 Å². The number of rotatable bonds is 6. The van der Waals surface area contributed by atoms with Crippen LogP contribution in [-0.4, -0.2) is 46.2 Å². The topological polar surface area (TPSA) is 43.2 Å². The molecule has 2 aromatic heterocycles. The van der Waals surface area contributed by atoms with Gasteiger partial charge in [-0.15, -0.1) is 0 Å². The molecule has 1 atom stereocenters. The van der Waals surface area contributed by atoms with Crippen molar-refractivity contribution in [3.05, 3.63) is 97.5 Å². The first-order chi connectivity index (χ1) is 17.2. The van der Waals surface area contributed by atoms with E-state index in [0.717, 1.165) is 47.5 Å². The van der Waals surface area contributed by atoms with E-state index in [2.05, 4.69) is 99.3 Å². The van der Waals surface area contributed by atoms with Gasteiger partial charge in [0, 0.05) is 36.0 Å². The van der Waals surface area contributed by atoms with E-state index in [1.807, 2.05) is 24.7 Å². The Morgan fingerprint density at radius 2 is 1.60 bits per heavy atom. The van der Waals surface area contributed by atoms with E-state index < -0.39 is 0 Å². The van der Waals surface area contributed by atoms with Crippen molar-refractivity contribution < 1.29 is 4.74 Å². The van der Waals surface area contributed by atoms with Gasteiger partial charge in [0.25, 0.3) is 0 Å². The molecule has 0 N–H and O–H groups in total. The molecule has 1 saturated heterocycles. The highest BCUT2D eigenvalue weighted by molar-refractivity contribution is 5.83. The van der Waals surface area contributed by atoms with E-state index in [0.29, 0.717) is 11.8 Å². The molecule has 1 fully saturated rings. The molecular weight excluding hydrogens is 432 g/mol. The summed E-state index contributed by atoms with van der Waals surface area (Å²) in [7, 11) is 2.16. The van der Waals surface area contributed by atoms with Gasteiger partial charge < -0.3 is 9.64 Å². The average Bonchev–Trinajstić information content (AvgIpc) is 3.54. The quantitative estimate of drug-likeness (QED) is 0.308. The first kappa shape index (κ1) is 21.6. The zero-order chi connectivity index (χ0) is 23.6. The zero-order valence-corrected chi connectivity index (χ0v) is 19.8. The molecule has 6 rings (SSSR count). The highest BCUT2D eigenvalue weighted by atomic mass is 16.5. The van der Waals surface area contributed by atoms with Crippen LogP contribution in [0.4, 0.5) is 0 Å². The predicted molar refractivity (Wildman–Crippen MR) is 141 cm³/mol. The number of nitrogens with zero attached hydrogens (tertiary/aromatic N) is 4. The average molecular weight is 461 g/mol. The van der Waals surface area contributed by atoms with Crippen molar-refractivity contribution >= 4 is 11.0 Å². The molecule has 0 saturated carbocycles. The SMILES string of the molecule is CN1CCC(COc2ccc(-c3ccc4ncn(-c5ccc(-c6ccccc6)cc5)c4c3)cn2)C1. The van der Waals surface area contributed by atoms with E-state index in [1.54, 1.807) is 0 Å². The standard InChI is InChI=1S/C30H28N4O/c1-33-16-15-22(19-33)20-35-30-14-10-26(18-31-30)25-9-13-28-29(17-25)34(21-32-28)27-11-7-24(8-12-27)23-5-3-2-4-6-23/h2-14,17-18,21-22H,15-16,19-20H2,1H3. The molecule has 0 bridgehead atoms. The summed E-state index contributed by atoms with van der Waals surface area (Å²) >= 11 is 0. The third kappa shape index (κ3) is 4.55. The lowest BCUT2D eigenvalue weighted by atomic mass is 10.1. The Kier molecular flexibility index (Phi) is 5.76. The molecule has 0 spiro atoms. The number of likely N-dealkylation sites (tertiary alicyclic amines) is 1. The number of imidazole rings is 1. The summed E-state index contributed by atoms with van der Waals surface area (Å²) in [5.41, 5.74) is 7.71. The second-order valence-corrected chi connectivity index (χ2v) is 9.34. The Hall–Kier alpha value is -3.96. The highest BCUT2D eigenvalue weighted by Crippen LogP contribution is 2.28. The molecule has 0 amide bonds. The summed E-state index contributed by atoms with van der Waals surface area (Å²) in [6.45, 7) is 2.97. The Bertz CT molecular complexity index is 1430. The molecule has 1 unspecified atom stereocenters. The third-order valence-electron chi connectivity index (χ3n) is 6.83. The molecule has 5 aromatic rings. The minimum Gasteiger partial charge on any atom is -0.477 e. The summed E-state index contributed by atoms with van der Waals surface area (Å²) < 4.78 is 8.09. The largest absolute Gasteiger partial charge is 0.477 e. The van der Waals surface area contributed by atoms with Gasteiger partial charge in [0.1, 0.15) is 6.33 Å². The van der Waals surface area contributed by atoms with Gasteiger partial charge in [-0.1, -0.05) is 48.5 Å². The number of hydrogen-bond acceptors (Lipinski definition) is 4. The molecule has 3 aromatic carbocycles. The summed E-state index contributed by atoms with van der Waals surface area (Å²) in [5.74, 6) is 1.28. The zero-order valence-electron chi connectivity index (χ0n) is 19.8. The fraction of sp³-hybridized carbons (Fsp3) is 0.200. The van der Waals surface area contributed by atoms with Crippen LogP contribution in [-0.2, 0) is 0 Å². The van der Waals surface area contributed by atoms with Crippen molar-refractivity contribution in [3.63, 3.8) is 0 Å². The molecule has 1 aliphatic heterocycles. The van der Waals surface area contributed by atoms with Crippen molar-refractivity contribution in [1.82, 2.24) is 19.4 Å². The van der Waals surface area contributed by atoms with E-state index in [9.17, 15) is 0 Å². The summed E-state index contributed by atoms with van der Waals surface area (Å²) in [6, 6.07) is 29.4. The van der Waals surface area contributed by atoms with E-state index >= 15 is 0 Å². The van der Waals surface area contributed by atoms with Crippen LogP contribution in [0.15, 0.2) is 97.5 Å². The van der Waals surface area contributed by atoms with Crippen LogP contribution in [0.2, 0.25) is 0 Å². The Morgan fingerprint density at radius 3 is 2.34 bits per heavy atom. The van der Waals surface area contributed by atoms with E-state index in [1.165, 1.54) is 17.5 Å². The second kappa shape index (κ2) is 9.35. The molecule has 5 heteroatoms. The molecule has 1 aliphatic rings. The van der Waals surface area contributed by atoms with Gasteiger partial charge >= 0.3 is 0 Å². The lowest BCUT2D eigenvalue weighted by molar-refractivity contribution is 0.241. The Labute approximate surface area is 205 Å². The number of benzene rings is 3. The van der Waals surface area contributed by atoms with Crippen molar-refractivity contribution in [2.75, 3.05) is 26.7 Å². The highest BCUT2D eigenvalue weighted by Gasteiger charge is 2.20. The van der Waals surface area contributed by atoms with Gasteiger partial charge in [0.15, 0.2) is 0 Å². The van der Waals surface area contributed by atoms with Crippen molar-refractivity contribution in [1.29, 1.82) is 0 Å². The van der Waals surface area contributed by atoms with Gasteiger partial charge in [-0.3, -0.25) is 4.57 Å². The molecule has 174 valence electrons. The lowest BCUT2D eigenvalue weighted by Gasteiger charge is -2.12. The second-order valence-electron chi connectivity index (χ2n) is 9.34. The Balaban J connectivity index is 1.22. The smallest absolute Gasteiger partial charge is 0.213 e. The maximum absolute atomic E-state index is 5.95. The number of pyridine rings is 1. The van der Waals surface area contributed by atoms with Gasteiger partial charge in [0.2, 0.25) is 5.88 Å². The fourth-order valence-corrected chi connectivity index (χ4v) is 4.84. The predicted octanol–water partition coefficient (Wildman–Crippen LogP) is 6.09. The first-order valence-corrected chi connectivity index (χ1v) is 12.1. The van der Waals surface area contributed by atoms with Gasteiger partial charge in [-0.25, -0.2) is 9.97 Å². The normalized spacial score (nSPS) is 16.1. The molecule has 35 heavy (non-hydrogen) atoms. The van der Waals surface area contributed by atoms with E-state index in [-0.39, 0.29) is 0 Å². The van der Waals surface area contributed by atoms with Crippen molar-refractivity contribution in [3.8, 4) is 33.8 Å². The first-order valence-electron chi connectivity index (χ1n) is 12.1. The summed E-state index contributed by atoms with van der Waals surface area (Å²) in [5, 5.41) is 0. The van der Waals surface area contributed by atoms with Crippen LogP contribution in [0.1, 0.15) is 6.42 Å². The van der Waals surface area contributed by atoms with Crippen LogP contribution in [0.3, 0.4) is 0 Å². The number of ether oxygens (including phenoxy) is 1. The molecule has 3 heterocycles. The van der Waals surface area contributed by atoms with E-state index in [4.69, 9.17) is 4.74 Å². The minimum absolute atomic E-state index is 0.589. The monoisotopic (exact) mass is 460 g/mol. The number of fused-ring (bicyclic) bond motifs is 1. The van der Waals surface area contributed by atoms with Gasteiger partial charge in [-0.2, -0.15) is 0 Å². The lowest BCUT2D eigenvalue weighted by Crippen LogP contribution is -2.18. The van der Waals surface area contributed by atoms with Gasteiger partial charge in [-0.05, 0) is 67.0 Å². The number of hydrogen-bond donors (Lipinski definition) is 0. The molecule has 0 aliphatic carbocycles. The van der Waals surface area contributed by atoms with Crippen LogP contribution < -0.4 is 4.74 Å². The van der Waals surface area contributed by atoms with Crippen molar-refractivity contribution in [2.24, 2.45) is 5.92 Å². The maximum Gasteiger partial charge on any atom is 0.213 e. The minimum atomic E-state index is 0.589. The Morgan fingerprint density at radius 1 is 0.829 bits per heavy atom. The van der Waals surface area contributed by atoms with Crippen LogP contribution in [0, 0.1) is 5.92 Å². The van der Waals surface area contributed by atoms with Crippen molar-refractivity contribution in [2.45, 2.75) is 6.42 Å². The maximum atomic E-state index is 5.95. The molecule has 0 radical (unpaired) electrons. The summed E-state index contributed by atoms with van der Waals surface area (Å²) in [4.78, 5) is 11.5. The number of aromatic nitrogens is 3. The fourth-order valence-electron chi connectivity index (χ4n) is 4.84. The van der Waals surface area contributed by atoms with Crippen LogP contribution in [0.25, 0.3) is 39.0 Å². The molecular formula is C30H28N4O. The summed E-state index contributed by atoms with van der Waals surface area (Å²) in [6.07, 6.45) is 4.98. The van der Waals surface area contributed by atoms with Gasteiger partial charge in [0.05, 0.1) is 17.6 Å². The van der Waals surface area contributed by atoms with Crippen LogP contribution in [0.5, 0.6) is 5.88 Å².